The lowest BCUT2D eigenvalue weighted by molar-refractivity contribution is 0.758. The van der Waals surface area contributed by atoms with E-state index in [-0.39, 0.29) is 0 Å². The zero-order valence-corrected chi connectivity index (χ0v) is 7.68. The van der Waals surface area contributed by atoms with Crippen LogP contribution < -0.4 is 11.1 Å². The van der Waals surface area contributed by atoms with E-state index >= 15 is 0 Å². The van der Waals surface area contributed by atoms with E-state index in [1.54, 1.807) is 7.05 Å². The minimum atomic E-state index is 0.375. The van der Waals surface area contributed by atoms with Gasteiger partial charge in [-0.05, 0) is 12.0 Å². The van der Waals surface area contributed by atoms with Crippen molar-refractivity contribution in [3.05, 3.63) is 11.8 Å². The van der Waals surface area contributed by atoms with Crippen LogP contribution in [0.15, 0.2) is 16.8 Å². The summed E-state index contributed by atoms with van der Waals surface area (Å²) < 4.78 is 0. The standard InChI is InChI=1S/C8H17N3/c1-6(2)7(9)5-8(10-3)11-4/h5-6H,9H2,1-4H3,(H,10,11). The van der Waals surface area contributed by atoms with Crippen LogP contribution in [0.5, 0.6) is 0 Å². The number of amidine groups is 1. The molecule has 0 amide bonds. The molecule has 3 N–H and O–H groups in total. The minimum absolute atomic E-state index is 0.375. The highest BCUT2D eigenvalue weighted by Crippen LogP contribution is 2.00. The highest BCUT2D eigenvalue weighted by atomic mass is 14.9. The lowest BCUT2D eigenvalue weighted by Gasteiger charge is -2.05. The molecular weight excluding hydrogens is 138 g/mol. The van der Waals surface area contributed by atoms with Crippen LogP contribution >= 0.6 is 0 Å². The number of hydrogen-bond donors (Lipinski definition) is 2. The molecule has 0 aliphatic rings. The Bertz CT molecular complexity index is 168. The summed E-state index contributed by atoms with van der Waals surface area (Å²) in [5.74, 6) is 1.19. The summed E-state index contributed by atoms with van der Waals surface area (Å²) in [6.07, 6.45) is 1.85. The zero-order chi connectivity index (χ0) is 8.85. The van der Waals surface area contributed by atoms with Gasteiger partial charge in [-0.2, -0.15) is 0 Å². The van der Waals surface area contributed by atoms with Crippen molar-refractivity contribution in [3.8, 4) is 0 Å². The van der Waals surface area contributed by atoms with Crippen molar-refractivity contribution < 1.29 is 0 Å². The van der Waals surface area contributed by atoms with Gasteiger partial charge in [0.25, 0.3) is 0 Å². The van der Waals surface area contributed by atoms with Gasteiger partial charge in [0.15, 0.2) is 0 Å². The van der Waals surface area contributed by atoms with Crippen molar-refractivity contribution in [2.24, 2.45) is 16.6 Å². The molecular formula is C8H17N3. The van der Waals surface area contributed by atoms with Crippen molar-refractivity contribution >= 4 is 5.84 Å². The number of nitrogens with two attached hydrogens (primary N) is 1. The average molecular weight is 155 g/mol. The second-order valence-corrected chi connectivity index (χ2v) is 2.66. The van der Waals surface area contributed by atoms with E-state index in [0.29, 0.717) is 5.92 Å². The van der Waals surface area contributed by atoms with E-state index in [2.05, 4.69) is 24.2 Å². The maximum atomic E-state index is 5.71. The van der Waals surface area contributed by atoms with Gasteiger partial charge in [-0.25, -0.2) is 0 Å². The minimum Gasteiger partial charge on any atom is -0.402 e. The Labute approximate surface area is 68.4 Å². The Kier molecular flexibility index (Phi) is 4.34. The Hall–Kier alpha value is -0.990. The normalized spacial score (nSPS) is 13.9. The number of hydrogen-bond acceptors (Lipinski definition) is 2. The van der Waals surface area contributed by atoms with Crippen LogP contribution in [-0.2, 0) is 0 Å². The van der Waals surface area contributed by atoms with Gasteiger partial charge in [0.05, 0.1) is 0 Å². The van der Waals surface area contributed by atoms with Crippen molar-refractivity contribution in [1.82, 2.24) is 5.32 Å². The Morgan fingerprint density at radius 2 is 2.09 bits per heavy atom. The molecule has 0 heterocycles. The average Bonchev–Trinajstić information content (AvgIpc) is 1.99. The summed E-state index contributed by atoms with van der Waals surface area (Å²) in [4.78, 5) is 3.98. The molecule has 11 heavy (non-hydrogen) atoms. The summed E-state index contributed by atoms with van der Waals surface area (Å²) in [5.41, 5.74) is 6.56. The molecule has 0 saturated heterocycles. The molecule has 0 spiro atoms. The van der Waals surface area contributed by atoms with Crippen LogP contribution in [0, 0.1) is 5.92 Å². The molecule has 0 bridgehead atoms. The van der Waals surface area contributed by atoms with Gasteiger partial charge in [0, 0.05) is 19.8 Å². The largest absolute Gasteiger partial charge is 0.402 e. The molecule has 0 radical (unpaired) electrons. The first-order valence-electron chi connectivity index (χ1n) is 3.73. The third-order valence-corrected chi connectivity index (χ3v) is 1.47. The molecule has 0 aliphatic carbocycles. The predicted molar refractivity (Wildman–Crippen MR) is 49.5 cm³/mol. The fourth-order valence-corrected chi connectivity index (χ4v) is 0.573. The van der Waals surface area contributed by atoms with E-state index < -0.39 is 0 Å². The summed E-state index contributed by atoms with van der Waals surface area (Å²) in [6.45, 7) is 4.10. The Morgan fingerprint density at radius 3 is 2.36 bits per heavy atom. The van der Waals surface area contributed by atoms with Crippen molar-refractivity contribution in [3.63, 3.8) is 0 Å². The highest BCUT2D eigenvalue weighted by Gasteiger charge is 1.97. The molecule has 0 aromatic heterocycles. The zero-order valence-electron chi connectivity index (χ0n) is 7.68. The van der Waals surface area contributed by atoms with Gasteiger partial charge >= 0.3 is 0 Å². The molecule has 0 aromatic rings. The molecule has 0 saturated carbocycles. The van der Waals surface area contributed by atoms with Crippen LogP contribution in [0.25, 0.3) is 0 Å². The number of aliphatic imine (C=N–C) groups is 1. The quantitative estimate of drug-likeness (QED) is 0.456. The SMILES string of the molecule is CN=C(C=C(N)C(C)C)NC. The van der Waals surface area contributed by atoms with E-state index in [1.165, 1.54) is 0 Å². The van der Waals surface area contributed by atoms with E-state index in [4.69, 9.17) is 5.73 Å². The molecule has 0 aliphatic heterocycles. The molecule has 3 heteroatoms. The topological polar surface area (TPSA) is 50.4 Å². The highest BCUT2D eigenvalue weighted by molar-refractivity contribution is 5.93. The lowest BCUT2D eigenvalue weighted by Crippen LogP contribution is -2.18. The van der Waals surface area contributed by atoms with Gasteiger partial charge in [-0.1, -0.05) is 13.8 Å². The van der Waals surface area contributed by atoms with E-state index in [9.17, 15) is 0 Å². The van der Waals surface area contributed by atoms with Gasteiger partial charge in [0.1, 0.15) is 5.84 Å². The molecule has 3 nitrogen and oxygen atoms in total. The second kappa shape index (κ2) is 4.77. The molecule has 0 rings (SSSR count). The summed E-state index contributed by atoms with van der Waals surface area (Å²) in [6, 6.07) is 0. The van der Waals surface area contributed by atoms with Crippen LogP contribution in [0.2, 0.25) is 0 Å². The Morgan fingerprint density at radius 1 is 1.55 bits per heavy atom. The van der Waals surface area contributed by atoms with Crippen LogP contribution in [0.3, 0.4) is 0 Å². The monoisotopic (exact) mass is 155 g/mol. The smallest absolute Gasteiger partial charge is 0.122 e. The second-order valence-electron chi connectivity index (χ2n) is 2.66. The molecule has 0 unspecified atom stereocenters. The van der Waals surface area contributed by atoms with Crippen LogP contribution in [0.4, 0.5) is 0 Å². The summed E-state index contributed by atoms with van der Waals surface area (Å²) in [7, 11) is 3.56. The number of nitrogens with one attached hydrogen (secondary N) is 1. The van der Waals surface area contributed by atoms with Gasteiger partial charge in [0.2, 0.25) is 0 Å². The lowest BCUT2D eigenvalue weighted by atomic mass is 10.1. The number of rotatable bonds is 2. The fourth-order valence-electron chi connectivity index (χ4n) is 0.573. The van der Waals surface area contributed by atoms with Crippen LogP contribution in [0.1, 0.15) is 13.8 Å². The maximum absolute atomic E-state index is 5.71. The summed E-state index contributed by atoms with van der Waals surface area (Å²) in [5, 5.41) is 2.93. The van der Waals surface area contributed by atoms with Gasteiger partial charge in [-0.15, -0.1) is 0 Å². The number of allylic oxidation sites excluding steroid dienone is 1. The first-order chi connectivity index (χ1) is 5.11. The molecule has 0 atom stereocenters. The van der Waals surface area contributed by atoms with E-state index in [1.807, 2.05) is 13.1 Å². The first kappa shape index (κ1) is 10.0. The van der Waals surface area contributed by atoms with Crippen molar-refractivity contribution in [2.45, 2.75) is 13.8 Å². The summed E-state index contributed by atoms with van der Waals surface area (Å²) >= 11 is 0. The van der Waals surface area contributed by atoms with Gasteiger partial charge in [-0.3, -0.25) is 4.99 Å². The number of nitrogens with zero attached hydrogens (tertiary/aromatic N) is 1. The molecule has 0 aromatic carbocycles. The first-order valence-corrected chi connectivity index (χ1v) is 3.73. The van der Waals surface area contributed by atoms with Crippen molar-refractivity contribution in [2.75, 3.05) is 14.1 Å². The van der Waals surface area contributed by atoms with E-state index in [0.717, 1.165) is 11.5 Å². The number of likely N-dealkylation sites (N-methyl/N-ethyl adjacent to an activating group) is 1. The van der Waals surface area contributed by atoms with Crippen molar-refractivity contribution in [1.29, 1.82) is 0 Å². The fraction of sp³-hybridized carbons (Fsp3) is 0.625. The predicted octanol–water partition coefficient (Wildman–Crippen LogP) is 0.733. The van der Waals surface area contributed by atoms with Gasteiger partial charge < -0.3 is 11.1 Å². The molecule has 0 fully saturated rings. The third kappa shape index (κ3) is 3.65. The third-order valence-electron chi connectivity index (χ3n) is 1.47. The maximum Gasteiger partial charge on any atom is 0.122 e. The molecule has 64 valence electrons. The van der Waals surface area contributed by atoms with Crippen LogP contribution in [-0.4, -0.2) is 19.9 Å². The Balaban J connectivity index is 4.28.